The van der Waals surface area contributed by atoms with Crippen LogP contribution in [-0.4, -0.2) is 22.3 Å². The van der Waals surface area contributed by atoms with E-state index in [1.54, 1.807) is 13.8 Å². The summed E-state index contributed by atoms with van der Waals surface area (Å²) in [5, 5.41) is 9.74. The van der Waals surface area contributed by atoms with Gasteiger partial charge in [0.15, 0.2) is 0 Å². The molecule has 1 N–H and O–H groups in total. The Morgan fingerprint density at radius 2 is 2.13 bits per heavy atom. The monoisotopic (exact) mass is 310 g/mol. The van der Waals surface area contributed by atoms with Gasteiger partial charge in [0, 0.05) is 23.7 Å². The molecule has 0 atom stereocenters. The molecule has 1 aliphatic carbocycles. The summed E-state index contributed by atoms with van der Waals surface area (Å²) in [6.45, 7) is 6.05. The highest BCUT2D eigenvalue weighted by atomic mass is 16.5. The van der Waals surface area contributed by atoms with E-state index in [0.717, 1.165) is 24.0 Å². The van der Waals surface area contributed by atoms with Crippen LogP contribution in [-0.2, 0) is 6.42 Å². The first-order valence-corrected chi connectivity index (χ1v) is 8.21. The Kier molecular flexibility index (Phi) is 4.40. The van der Waals surface area contributed by atoms with Gasteiger partial charge in [-0.3, -0.25) is 0 Å². The molecule has 0 saturated heterocycles. The lowest BCUT2D eigenvalue weighted by molar-refractivity contribution is 0.0546. The Hall–Kier alpha value is -1.87. The van der Waals surface area contributed by atoms with E-state index in [1.807, 2.05) is 13.1 Å². The zero-order chi connectivity index (χ0) is 16.4. The molecule has 3 heteroatoms. The first-order valence-electron chi connectivity index (χ1n) is 8.21. The van der Waals surface area contributed by atoms with E-state index in [-0.39, 0.29) is 0 Å². The van der Waals surface area contributed by atoms with Crippen LogP contribution in [0.3, 0.4) is 0 Å². The second-order valence-electron chi connectivity index (χ2n) is 6.87. The van der Waals surface area contributed by atoms with Crippen molar-refractivity contribution in [2.75, 3.05) is 6.61 Å². The highest BCUT2D eigenvalue weighted by Crippen LogP contribution is 2.34. The summed E-state index contributed by atoms with van der Waals surface area (Å²) in [5.41, 5.74) is 5.50. The van der Waals surface area contributed by atoms with Crippen LogP contribution in [0.25, 0.3) is 11.1 Å². The fourth-order valence-corrected chi connectivity index (χ4v) is 2.98. The molecule has 0 fully saturated rings. The molecule has 1 aromatic heterocycles. The van der Waals surface area contributed by atoms with Crippen molar-refractivity contribution in [3.8, 4) is 17.0 Å². The van der Waals surface area contributed by atoms with Gasteiger partial charge in [0.1, 0.15) is 0 Å². The van der Waals surface area contributed by atoms with Crippen molar-refractivity contribution >= 4 is 0 Å². The maximum absolute atomic E-state index is 9.74. The number of pyridine rings is 1. The Morgan fingerprint density at radius 3 is 2.87 bits per heavy atom. The number of fused-ring (bicyclic) bond motifs is 1. The normalized spacial score (nSPS) is 13.9. The van der Waals surface area contributed by atoms with Crippen molar-refractivity contribution in [3.63, 3.8) is 0 Å². The summed E-state index contributed by atoms with van der Waals surface area (Å²) in [6, 6.07) is 8.60. The molecule has 1 radical (unpaired) electrons. The third-order valence-corrected chi connectivity index (χ3v) is 4.26. The highest BCUT2D eigenvalue weighted by molar-refractivity contribution is 5.70. The summed E-state index contributed by atoms with van der Waals surface area (Å²) in [4.78, 5) is 4.49. The lowest BCUT2D eigenvalue weighted by atomic mass is 9.97. The highest BCUT2D eigenvalue weighted by Gasteiger charge is 2.17. The molecule has 0 bridgehead atoms. The fraction of sp³-hybridized carbons (Fsp3) is 0.400. The molecular formula is C20H24NO2. The summed E-state index contributed by atoms with van der Waals surface area (Å²) >= 11 is 0. The number of nitrogens with zero attached hydrogens (tertiary/aromatic N) is 1. The van der Waals surface area contributed by atoms with E-state index in [4.69, 9.17) is 4.74 Å². The van der Waals surface area contributed by atoms with Gasteiger partial charge >= 0.3 is 0 Å². The predicted octanol–water partition coefficient (Wildman–Crippen LogP) is 4.10. The van der Waals surface area contributed by atoms with E-state index in [2.05, 4.69) is 35.7 Å². The number of benzene rings is 1. The van der Waals surface area contributed by atoms with Gasteiger partial charge in [0.2, 0.25) is 5.88 Å². The predicted molar refractivity (Wildman–Crippen MR) is 92.5 cm³/mol. The topological polar surface area (TPSA) is 42.4 Å². The Morgan fingerprint density at radius 1 is 1.30 bits per heavy atom. The van der Waals surface area contributed by atoms with Crippen molar-refractivity contribution in [3.05, 3.63) is 53.6 Å². The summed E-state index contributed by atoms with van der Waals surface area (Å²) in [5.74, 6) is 0.650. The Labute approximate surface area is 138 Å². The van der Waals surface area contributed by atoms with E-state index in [9.17, 15) is 5.11 Å². The number of ether oxygens (including phenoxy) is 1. The molecule has 0 spiro atoms. The van der Waals surface area contributed by atoms with Crippen LogP contribution in [0.15, 0.2) is 30.5 Å². The molecule has 121 valence electrons. The Bertz CT molecular complexity index is 701. The molecule has 0 aliphatic heterocycles. The van der Waals surface area contributed by atoms with Crippen LogP contribution in [0.2, 0.25) is 0 Å². The summed E-state index contributed by atoms with van der Waals surface area (Å²) in [6.07, 6.45) is 7.00. The minimum absolute atomic E-state index is 0.465. The number of hydrogen-bond donors (Lipinski definition) is 1. The molecule has 23 heavy (non-hydrogen) atoms. The van der Waals surface area contributed by atoms with Gasteiger partial charge in [0.25, 0.3) is 0 Å². The van der Waals surface area contributed by atoms with Crippen molar-refractivity contribution < 1.29 is 9.84 Å². The molecule has 0 amide bonds. The summed E-state index contributed by atoms with van der Waals surface area (Å²) in [7, 11) is 0. The van der Waals surface area contributed by atoms with Gasteiger partial charge < -0.3 is 9.84 Å². The molecule has 1 heterocycles. The Balaban J connectivity index is 1.79. The second-order valence-corrected chi connectivity index (χ2v) is 6.87. The quantitative estimate of drug-likeness (QED) is 0.904. The summed E-state index contributed by atoms with van der Waals surface area (Å²) < 4.78 is 5.72. The minimum atomic E-state index is -0.713. The molecule has 0 saturated carbocycles. The van der Waals surface area contributed by atoms with Crippen LogP contribution in [0.4, 0.5) is 0 Å². The van der Waals surface area contributed by atoms with Crippen molar-refractivity contribution in [1.29, 1.82) is 0 Å². The van der Waals surface area contributed by atoms with Gasteiger partial charge in [-0.2, -0.15) is 0 Å². The average molecular weight is 310 g/mol. The zero-order valence-corrected chi connectivity index (χ0v) is 14.1. The van der Waals surface area contributed by atoms with Crippen LogP contribution in [0.5, 0.6) is 5.88 Å². The van der Waals surface area contributed by atoms with E-state index in [0.29, 0.717) is 18.9 Å². The lowest BCUT2D eigenvalue weighted by Crippen LogP contribution is -2.22. The fourth-order valence-electron chi connectivity index (χ4n) is 2.98. The first-order chi connectivity index (χ1) is 10.9. The van der Waals surface area contributed by atoms with Gasteiger partial charge in [-0.15, -0.1) is 0 Å². The largest absolute Gasteiger partial charge is 0.477 e. The third kappa shape index (κ3) is 3.73. The molecule has 1 aliphatic rings. The maximum atomic E-state index is 9.74. The molecule has 1 aromatic carbocycles. The van der Waals surface area contributed by atoms with Gasteiger partial charge in [-0.25, -0.2) is 4.98 Å². The molecule has 2 aromatic rings. The van der Waals surface area contributed by atoms with Crippen molar-refractivity contribution in [2.45, 2.75) is 45.6 Å². The maximum Gasteiger partial charge on any atom is 0.216 e. The van der Waals surface area contributed by atoms with Gasteiger partial charge in [0.05, 0.1) is 12.2 Å². The van der Waals surface area contributed by atoms with E-state index >= 15 is 0 Å². The number of rotatable bonds is 5. The average Bonchev–Trinajstić information content (AvgIpc) is 2.96. The lowest BCUT2D eigenvalue weighted by Gasteiger charge is -2.17. The van der Waals surface area contributed by atoms with Crippen LogP contribution >= 0.6 is 0 Å². The molecular weight excluding hydrogens is 286 g/mol. The second kappa shape index (κ2) is 6.32. The van der Waals surface area contributed by atoms with Crippen molar-refractivity contribution in [2.24, 2.45) is 0 Å². The number of aliphatic hydroxyl groups is 1. The zero-order valence-electron chi connectivity index (χ0n) is 14.1. The smallest absolute Gasteiger partial charge is 0.216 e. The van der Waals surface area contributed by atoms with Crippen LogP contribution in [0, 0.1) is 13.3 Å². The number of aromatic nitrogens is 1. The first kappa shape index (κ1) is 16.0. The molecule has 0 unspecified atom stereocenters. The van der Waals surface area contributed by atoms with E-state index < -0.39 is 5.60 Å². The SMILES string of the molecule is Cc1cc(-c2cccc3c2CC[CH]3)cnc1OCCC(C)(C)O. The molecule has 3 nitrogen and oxygen atoms in total. The third-order valence-electron chi connectivity index (χ3n) is 4.26. The minimum Gasteiger partial charge on any atom is -0.477 e. The number of hydrogen-bond acceptors (Lipinski definition) is 3. The van der Waals surface area contributed by atoms with Crippen LogP contribution < -0.4 is 4.74 Å². The number of aryl methyl sites for hydroxylation is 1. The standard InChI is InChI=1S/C20H24NO2/c1-14-12-16(13-21-19(14)23-11-10-20(2,3)22)18-9-5-7-15-6-4-8-17(15)18/h5-7,9,12-13,22H,4,8,10-11H2,1-3H3. The van der Waals surface area contributed by atoms with Gasteiger partial charge in [-0.1, -0.05) is 18.2 Å². The van der Waals surface area contributed by atoms with Gasteiger partial charge in [-0.05, 0) is 62.8 Å². The van der Waals surface area contributed by atoms with Crippen molar-refractivity contribution in [1.82, 2.24) is 4.98 Å². The van der Waals surface area contributed by atoms with Crippen LogP contribution in [0.1, 0.15) is 43.4 Å². The molecule has 3 rings (SSSR count). The van der Waals surface area contributed by atoms with E-state index in [1.165, 1.54) is 16.7 Å².